The molecule has 8 heteroatoms. The maximum absolute atomic E-state index is 12.9. The zero-order valence-electron chi connectivity index (χ0n) is 20.3. The van der Waals surface area contributed by atoms with Crippen molar-refractivity contribution >= 4 is 10.0 Å². The molecule has 1 saturated heterocycles. The summed E-state index contributed by atoms with van der Waals surface area (Å²) in [6.45, 7) is 7.93. The van der Waals surface area contributed by atoms with Gasteiger partial charge in [0.15, 0.2) is 0 Å². The fourth-order valence-electron chi connectivity index (χ4n) is 4.21. The summed E-state index contributed by atoms with van der Waals surface area (Å²) in [4.78, 5) is 2.31. The van der Waals surface area contributed by atoms with Crippen LogP contribution in [0, 0.1) is 11.8 Å². The molecular weight excluding hydrogens is 450 g/mol. The largest absolute Gasteiger partial charge is 0.508 e. The molecule has 3 rings (SSSR count). The second-order valence-electron chi connectivity index (χ2n) is 9.60. The standard InChI is InChI=1S/C26H39N3O4S/c1-21(2)19-33-26(27)24(11-8-22-6-4-3-5-7-22)18-28-14-16-29(17-15-28)34(31,32)20-23-9-12-25(30)13-10-23/h3-7,9-10,12-13,21,24,26,30H,8,11,14-20,27H2,1-2H3. The van der Waals surface area contributed by atoms with Crippen LogP contribution in [0.1, 0.15) is 31.4 Å². The fourth-order valence-corrected chi connectivity index (χ4v) is 5.73. The predicted octanol–water partition coefficient (Wildman–Crippen LogP) is 3.05. The molecule has 2 atom stereocenters. The summed E-state index contributed by atoms with van der Waals surface area (Å²) in [5.74, 6) is 0.662. The number of phenols is 1. The Bertz CT molecular complexity index is 959. The van der Waals surface area contributed by atoms with Gasteiger partial charge in [-0.2, -0.15) is 4.31 Å². The lowest BCUT2D eigenvalue weighted by molar-refractivity contribution is -0.0128. The minimum Gasteiger partial charge on any atom is -0.508 e. The van der Waals surface area contributed by atoms with E-state index in [1.165, 1.54) is 17.7 Å². The van der Waals surface area contributed by atoms with Crippen molar-refractivity contribution in [3.05, 3.63) is 65.7 Å². The van der Waals surface area contributed by atoms with Crippen molar-refractivity contribution < 1.29 is 18.3 Å². The molecule has 1 aliphatic heterocycles. The molecule has 0 amide bonds. The van der Waals surface area contributed by atoms with Crippen molar-refractivity contribution in [1.29, 1.82) is 0 Å². The van der Waals surface area contributed by atoms with Crippen molar-refractivity contribution in [2.24, 2.45) is 17.6 Å². The first-order chi connectivity index (χ1) is 16.2. The summed E-state index contributed by atoms with van der Waals surface area (Å²) in [5.41, 5.74) is 8.43. The fraction of sp³-hybridized carbons (Fsp3) is 0.538. The molecule has 3 N–H and O–H groups in total. The SMILES string of the molecule is CC(C)COC(N)C(CCc1ccccc1)CN1CCN(S(=O)(=O)Cc2ccc(O)cc2)CC1. The number of ether oxygens (including phenoxy) is 1. The first-order valence-corrected chi connectivity index (χ1v) is 13.7. The van der Waals surface area contributed by atoms with Crippen LogP contribution in [-0.2, 0) is 26.9 Å². The summed E-state index contributed by atoms with van der Waals surface area (Å²) >= 11 is 0. The number of hydrogen-bond acceptors (Lipinski definition) is 6. The smallest absolute Gasteiger partial charge is 0.218 e. The molecule has 1 aliphatic rings. The predicted molar refractivity (Wildman–Crippen MR) is 136 cm³/mol. The number of benzene rings is 2. The summed E-state index contributed by atoms with van der Waals surface area (Å²) < 4.78 is 33.3. The Morgan fingerprint density at radius 1 is 0.971 bits per heavy atom. The summed E-state index contributed by atoms with van der Waals surface area (Å²) in [7, 11) is -3.41. The van der Waals surface area contributed by atoms with Gasteiger partial charge in [-0.25, -0.2) is 8.42 Å². The van der Waals surface area contributed by atoms with E-state index in [1.54, 1.807) is 16.4 Å². The van der Waals surface area contributed by atoms with Crippen LogP contribution in [0.3, 0.4) is 0 Å². The lowest BCUT2D eigenvalue weighted by atomic mass is 9.97. The number of nitrogens with zero attached hydrogens (tertiary/aromatic N) is 2. The number of piperazine rings is 1. The van der Waals surface area contributed by atoms with Gasteiger partial charge in [0.25, 0.3) is 0 Å². The van der Waals surface area contributed by atoms with Crippen molar-refractivity contribution in [3.8, 4) is 5.75 Å². The molecule has 0 radical (unpaired) electrons. The van der Waals surface area contributed by atoms with Gasteiger partial charge in [0.1, 0.15) is 12.0 Å². The molecule has 0 aromatic heterocycles. The summed E-state index contributed by atoms with van der Waals surface area (Å²) in [6, 6.07) is 16.7. The highest BCUT2D eigenvalue weighted by atomic mass is 32.2. The van der Waals surface area contributed by atoms with Gasteiger partial charge in [-0.1, -0.05) is 56.3 Å². The van der Waals surface area contributed by atoms with Gasteiger partial charge in [-0.15, -0.1) is 0 Å². The Labute approximate surface area is 204 Å². The number of nitrogens with two attached hydrogens (primary N) is 1. The van der Waals surface area contributed by atoms with Crippen molar-refractivity contribution in [2.45, 2.75) is 38.7 Å². The van der Waals surface area contributed by atoms with Crippen LogP contribution in [0.4, 0.5) is 0 Å². The van der Waals surface area contributed by atoms with E-state index in [2.05, 4.69) is 43.0 Å². The number of hydrogen-bond donors (Lipinski definition) is 2. The second kappa shape index (κ2) is 12.7. The maximum atomic E-state index is 12.9. The average molecular weight is 490 g/mol. The van der Waals surface area contributed by atoms with Crippen LogP contribution < -0.4 is 5.73 Å². The van der Waals surface area contributed by atoms with E-state index in [9.17, 15) is 13.5 Å². The van der Waals surface area contributed by atoms with Gasteiger partial charge < -0.3 is 20.5 Å². The second-order valence-corrected chi connectivity index (χ2v) is 11.6. The molecule has 0 aliphatic carbocycles. The topological polar surface area (TPSA) is 96.1 Å². The molecule has 2 unspecified atom stereocenters. The van der Waals surface area contributed by atoms with Gasteiger partial charge >= 0.3 is 0 Å². The molecule has 188 valence electrons. The molecule has 1 heterocycles. The molecule has 2 aromatic carbocycles. The van der Waals surface area contributed by atoms with Crippen LogP contribution in [0.15, 0.2) is 54.6 Å². The van der Waals surface area contributed by atoms with Crippen molar-refractivity contribution in [3.63, 3.8) is 0 Å². The number of aromatic hydroxyl groups is 1. The molecule has 0 saturated carbocycles. The van der Waals surface area contributed by atoms with Crippen LogP contribution in [0.5, 0.6) is 5.75 Å². The quantitative estimate of drug-likeness (QED) is 0.445. The Balaban J connectivity index is 1.55. The Kier molecular flexibility index (Phi) is 9.91. The van der Waals surface area contributed by atoms with Gasteiger partial charge in [0, 0.05) is 38.6 Å². The number of sulfonamides is 1. The van der Waals surface area contributed by atoms with Crippen LogP contribution >= 0.6 is 0 Å². The van der Waals surface area contributed by atoms with Crippen LogP contribution in [-0.4, -0.2) is 68.3 Å². The maximum Gasteiger partial charge on any atom is 0.218 e. The Morgan fingerprint density at radius 3 is 2.24 bits per heavy atom. The number of phenolic OH excluding ortho intramolecular Hbond substituents is 1. The minimum atomic E-state index is -3.41. The van der Waals surface area contributed by atoms with Gasteiger partial charge in [-0.05, 0) is 42.0 Å². The number of aryl methyl sites for hydroxylation is 1. The normalized spacial score (nSPS) is 17.6. The van der Waals surface area contributed by atoms with Crippen LogP contribution in [0.2, 0.25) is 0 Å². The van der Waals surface area contributed by atoms with E-state index in [1.807, 2.05) is 6.07 Å². The average Bonchev–Trinajstić information content (AvgIpc) is 2.82. The van der Waals surface area contributed by atoms with Gasteiger partial charge in [0.2, 0.25) is 10.0 Å². The molecule has 34 heavy (non-hydrogen) atoms. The molecule has 1 fully saturated rings. The van der Waals surface area contributed by atoms with Gasteiger partial charge in [0.05, 0.1) is 12.4 Å². The highest BCUT2D eigenvalue weighted by Crippen LogP contribution is 2.20. The number of rotatable bonds is 12. The lowest BCUT2D eigenvalue weighted by Crippen LogP contribution is -2.51. The Hall–Kier alpha value is -1.97. The molecule has 0 spiro atoms. The first kappa shape index (κ1) is 26.6. The third-order valence-corrected chi connectivity index (χ3v) is 8.09. The van der Waals surface area contributed by atoms with E-state index < -0.39 is 10.0 Å². The van der Waals surface area contributed by atoms with Crippen molar-refractivity contribution in [2.75, 3.05) is 39.3 Å². The highest BCUT2D eigenvalue weighted by Gasteiger charge is 2.29. The van der Waals surface area contributed by atoms with Crippen LogP contribution in [0.25, 0.3) is 0 Å². The third-order valence-electron chi connectivity index (χ3n) is 6.24. The Morgan fingerprint density at radius 2 is 1.62 bits per heavy atom. The van der Waals surface area contributed by atoms with E-state index in [0.717, 1.165) is 19.4 Å². The van der Waals surface area contributed by atoms with Crippen molar-refractivity contribution in [1.82, 2.24) is 9.21 Å². The van der Waals surface area contributed by atoms with E-state index in [4.69, 9.17) is 10.5 Å². The molecular formula is C26H39N3O4S. The molecule has 2 aromatic rings. The zero-order valence-corrected chi connectivity index (χ0v) is 21.2. The third kappa shape index (κ3) is 8.36. The highest BCUT2D eigenvalue weighted by molar-refractivity contribution is 7.88. The first-order valence-electron chi connectivity index (χ1n) is 12.1. The summed E-state index contributed by atoms with van der Waals surface area (Å²) in [6.07, 6.45) is 1.51. The molecule has 0 bridgehead atoms. The van der Waals surface area contributed by atoms with E-state index >= 15 is 0 Å². The zero-order chi connectivity index (χ0) is 24.6. The lowest BCUT2D eigenvalue weighted by Gasteiger charge is -2.37. The summed E-state index contributed by atoms with van der Waals surface area (Å²) in [5, 5.41) is 9.42. The molecule has 7 nitrogen and oxygen atoms in total. The minimum absolute atomic E-state index is 0.0547. The van der Waals surface area contributed by atoms with E-state index in [-0.39, 0.29) is 23.6 Å². The van der Waals surface area contributed by atoms with E-state index in [0.29, 0.717) is 44.3 Å². The van der Waals surface area contributed by atoms with Gasteiger partial charge in [-0.3, -0.25) is 0 Å². The monoisotopic (exact) mass is 489 g/mol.